The monoisotopic (exact) mass is 358 g/mol. The molecule has 24 heavy (non-hydrogen) atoms. The third-order valence-electron chi connectivity index (χ3n) is 3.89. The summed E-state index contributed by atoms with van der Waals surface area (Å²) in [6, 6.07) is 6.35. The summed E-state index contributed by atoms with van der Waals surface area (Å²) >= 11 is 0. The van der Waals surface area contributed by atoms with Gasteiger partial charge in [-0.25, -0.2) is 12.8 Å². The maximum atomic E-state index is 13.5. The molecule has 1 aliphatic heterocycles. The van der Waals surface area contributed by atoms with Crippen LogP contribution in [-0.2, 0) is 26.0 Å². The Morgan fingerprint density at radius 1 is 1.42 bits per heavy atom. The van der Waals surface area contributed by atoms with Gasteiger partial charge >= 0.3 is 0 Å². The topological polar surface area (TPSA) is 75.7 Å². The number of carbonyl (C=O) groups is 1. The lowest BCUT2D eigenvalue weighted by Crippen LogP contribution is -2.44. The molecule has 2 rings (SSSR count). The minimum atomic E-state index is -3.50. The Bertz CT molecular complexity index is 660. The number of nitrogens with zero attached hydrogens (tertiary/aromatic N) is 1. The Balaban J connectivity index is 1.82. The van der Waals surface area contributed by atoms with E-state index in [4.69, 9.17) is 4.74 Å². The van der Waals surface area contributed by atoms with E-state index < -0.39 is 15.9 Å². The third kappa shape index (κ3) is 5.85. The molecule has 0 aliphatic carbocycles. The number of carbonyl (C=O) groups excluding carboxylic acids is 1. The summed E-state index contributed by atoms with van der Waals surface area (Å²) in [7, 11) is -3.50. The van der Waals surface area contributed by atoms with Gasteiger partial charge in [-0.3, -0.25) is 4.79 Å². The van der Waals surface area contributed by atoms with Crippen LogP contribution in [0.1, 0.15) is 18.4 Å². The van der Waals surface area contributed by atoms with Crippen LogP contribution in [0, 0.1) is 5.82 Å². The van der Waals surface area contributed by atoms with Crippen LogP contribution in [0.4, 0.5) is 4.39 Å². The largest absolute Gasteiger partial charge is 0.377 e. The van der Waals surface area contributed by atoms with E-state index in [9.17, 15) is 17.6 Å². The molecule has 0 bridgehead atoms. The second-order valence-electron chi connectivity index (χ2n) is 5.88. The van der Waals surface area contributed by atoms with E-state index in [1.165, 1.54) is 6.07 Å². The van der Waals surface area contributed by atoms with Crippen LogP contribution in [0.2, 0.25) is 0 Å². The molecule has 0 radical (unpaired) electrons. The van der Waals surface area contributed by atoms with Gasteiger partial charge in [0.15, 0.2) is 0 Å². The van der Waals surface area contributed by atoms with Crippen molar-refractivity contribution in [3.8, 4) is 0 Å². The van der Waals surface area contributed by atoms with Crippen molar-refractivity contribution in [2.45, 2.75) is 25.4 Å². The number of halogens is 1. The Labute approximate surface area is 142 Å². The van der Waals surface area contributed by atoms with Crippen LogP contribution in [-0.4, -0.2) is 57.2 Å². The second-order valence-corrected chi connectivity index (χ2v) is 7.86. The molecule has 1 fully saturated rings. The number of benzene rings is 1. The van der Waals surface area contributed by atoms with E-state index in [2.05, 4.69) is 5.32 Å². The highest BCUT2D eigenvalue weighted by molar-refractivity contribution is 7.88. The van der Waals surface area contributed by atoms with E-state index >= 15 is 0 Å². The van der Waals surface area contributed by atoms with E-state index in [1.807, 2.05) is 0 Å². The van der Waals surface area contributed by atoms with Gasteiger partial charge in [-0.2, -0.15) is 4.31 Å². The maximum Gasteiger partial charge on any atom is 0.235 e. The zero-order valence-corrected chi connectivity index (χ0v) is 14.5. The number of ether oxygens (including phenoxy) is 1. The van der Waals surface area contributed by atoms with Gasteiger partial charge in [0.1, 0.15) is 5.82 Å². The standard InChI is InChI=1S/C16H23FN2O4S/c1-24(21,22)19(11-14-6-4-10-23-14)12-16(20)18-9-8-13-5-2-3-7-15(13)17/h2-3,5,7,14H,4,6,8-12H2,1H3,(H,18,20). The number of hydrogen-bond acceptors (Lipinski definition) is 4. The summed E-state index contributed by atoms with van der Waals surface area (Å²) in [6.45, 7) is 0.796. The molecule has 0 aromatic heterocycles. The summed E-state index contributed by atoms with van der Waals surface area (Å²) in [5.41, 5.74) is 0.511. The highest BCUT2D eigenvalue weighted by Crippen LogP contribution is 2.14. The highest BCUT2D eigenvalue weighted by Gasteiger charge is 2.26. The lowest BCUT2D eigenvalue weighted by atomic mass is 10.1. The van der Waals surface area contributed by atoms with Gasteiger partial charge in [-0.05, 0) is 30.9 Å². The molecule has 6 nitrogen and oxygen atoms in total. The Morgan fingerprint density at radius 2 is 2.17 bits per heavy atom. The Hall–Kier alpha value is -1.51. The highest BCUT2D eigenvalue weighted by atomic mass is 32.2. The van der Waals surface area contributed by atoms with Crippen molar-refractivity contribution in [3.63, 3.8) is 0 Å². The molecule has 8 heteroatoms. The molecule has 1 N–H and O–H groups in total. The van der Waals surface area contributed by atoms with E-state index in [1.54, 1.807) is 18.2 Å². The fourth-order valence-corrected chi connectivity index (χ4v) is 3.38. The Kier molecular flexibility index (Phi) is 6.70. The average Bonchev–Trinajstić information content (AvgIpc) is 3.01. The van der Waals surface area contributed by atoms with Crippen LogP contribution >= 0.6 is 0 Å². The summed E-state index contributed by atoms with van der Waals surface area (Å²) in [5.74, 6) is -0.724. The fourth-order valence-electron chi connectivity index (χ4n) is 2.59. The molecule has 0 saturated carbocycles. The van der Waals surface area contributed by atoms with Crippen LogP contribution in [0.5, 0.6) is 0 Å². The van der Waals surface area contributed by atoms with Gasteiger partial charge in [0.2, 0.25) is 15.9 Å². The first-order chi connectivity index (χ1) is 11.4. The third-order valence-corrected chi connectivity index (χ3v) is 5.11. The lowest BCUT2D eigenvalue weighted by Gasteiger charge is -2.22. The minimum Gasteiger partial charge on any atom is -0.377 e. The molecular formula is C16H23FN2O4S. The molecule has 1 amide bonds. The molecule has 1 aromatic carbocycles. The minimum absolute atomic E-state index is 0.161. The molecule has 1 aromatic rings. The Morgan fingerprint density at radius 3 is 2.79 bits per heavy atom. The van der Waals surface area contributed by atoms with Crippen molar-refractivity contribution in [1.82, 2.24) is 9.62 Å². The van der Waals surface area contributed by atoms with Crippen LogP contribution in [0.25, 0.3) is 0 Å². The number of amides is 1. The zero-order chi connectivity index (χ0) is 17.6. The van der Waals surface area contributed by atoms with E-state index in [0.717, 1.165) is 23.4 Å². The first-order valence-corrected chi connectivity index (χ1v) is 9.78. The van der Waals surface area contributed by atoms with Gasteiger partial charge in [-0.1, -0.05) is 18.2 Å². The smallest absolute Gasteiger partial charge is 0.235 e. The molecule has 1 heterocycles. The molecule has 1 atom stereocenters. The first kappa shape index (κ1) is 18.8. The maximum absolute atomic E-state index is 13.5. The van der Waals surface area contributed by atoms with E-state index in [-0.39, 0.29) is 31.6 Å². The van der Waals surface area contributed by atoms with Crippen LogP contribution in [0.3, 0.4) is 0 Å². The molecule has 1 aliphatic rings. The number of hydrogen-bond donors (Lipinski definition) is 1. The van der Waals surface area contributed by atoms with E-state index in [0.29, 0.717) is 18.6 Å². The van der Waals surface area contributed by atoms with Crippen molar-refractivity contribution < 1.29 is 22.3 Å². The molecule has 134 valence electrons. The van der Waals surface area contributed by atoms with Crippen LogP contribution in [0.15, 0.2) is 24.3 Å². The second kappa shape index (κ2) is 8.55. The van der Waals surface area contributed by atoms with Crippen molar-refractivity contribution in [2.75, 3.05) is 32.5 Å². The molecule has 1 saturated heterocycles. The fraction of sp³-hybridized carbons (Fsp3) is 0.562. The van der Waals surface area contributed by atoms with Gasteiger partial charge in [0.05, 0.1) is 18.9 Å². The number of nitrogens with one attached hydrogen (secondary N) is 1. The quantitative estimate of drug-likeness (QED) is 0.750. The predicted octanol–water partition coefficient (Wildman–Crippen LogP) is 0.925. The van der Waals surface area contributed by atoms with Crippen molar-refractivity contribution >= 4 is 15.9 Å². The van der Waals surface area contributed by atoms with Gasteiger partial charge in [0, 0.05) is 19.7 Å². The van der Waals surface area contributed by atoms with Crippen LogP contribution < -0.4 is 5.32 Å². The van der Waals surface area contributed by atoms with Crippen molar-refractivity contribution in [3.05, 3.63) is 35.6 Å². The lowest BCUT2D eigenvalue weighted by molar-refractivity contribution is -0.121. The SMILES string of the molecule is CS(=O)(=O)N(CC(=O)NCCc1ccccc1F)CC1CCCO1. The van der Waals surface area contributed by atoms with Gasteiger partial charge < -0.3 is 10.1 Å². The van der Waals surface area contributed by atoms with Gasteiger partial charge in [-0.15, -0.1) is 0 Å². The van der Waals surface area contributed by atoms with Crippen molar-refractivity contribution in [1.29, 1.82) is 0 Å². The number of sulfonamides is 1. The first-order valence-electron chi connectivity index (χ1n) is 7.93. The van der Waals surface area contributed by atoms with Gasteiger partial charge in [0.25, 0.3) is 0 Å². The zero-order valence-electron chi connectivity index (χ0n) is 13.7. The average molecular weight is 358 g/mol. The summed E-state index contributed by atoms with van der Waals surface area (Å²) in [5, 5.41) is 2.63. The molecule has 0 spiro atoms. The molecular weight excluding hydrogens is 335 g/mol. The van der Waals surface area contributed by atoms with Crippen molar-refractivity contribution in [2.24, 2.45) is 0 Å². The normalized spacial score (nSPS) is 18.0. The number of rotatable bonds is 8. The summed E-state index contributed by atoms with van der Waals surface area (Å²) in [4.78, 5) is 12.0. The summed E-state index contributed by atoms with van der Waals surface area (Å²) < 4.78 is 43.7. The summed E-state index contributed by atoms with van der Waals surface area (Å²) in [6.07, 6.45) is 2.96. The molecule has 1 unspecified atom stereocenters. The predicted molar refractivity (Wildman–Crippen MR) is 88.5 cm³/mol.